The Hall–Kier alpha value is -1.27. The highest BCUT2D eigenvalue weighted by Gasteiger charge is 2.16. The van der Waals surface area contributed by atoms with Crippen molar-refractivity contribution < 1.29 is 8.42 Å². The monoisotopic (exact) mass is 325 g/mol. The molecule has 1 aromatic rings. The van der Waals surface area contributed by atoms with Crippen molar-refractivity contribution in [2.24, 2.45) is 0 Å². The zero-order valence-corrected chi connectivity index (χ0v) is 14.4. The van der Waals surface area contributed by atoms with Gasteiger partial charge >= 0.3 is 0 Å². The Morgan fingerprint density at radius 3 is 2.23 bits per heavy atom. The van der Waals surface area contributed by atoms with Gasteiger partial charge in [-0.15, -0.1) is 0 Å². The number of piperazine rings is 1. The number of rotatable bonds is 7. The van der Waals surface area contributed by atoms with Gasteiger partial charge in [0, 0.05) is 37.6 Å². The molecule has 1 aliphatic rings. The lowest BCUT2D eigenvalue weighted by Gasteiger charge is -2.35. The van der Waals surface area contributed by atoms with Crippen LogP contribution >= 0.6 is 0 Å². The molecule has 1 aliphatic heterocycles. The van der Waals surface area contributed by atoms with E-state index in [1.807, 2.05) is 31.2 Å². The van der Waals surface area contributed by atoms with Gasteiger partial charge in [0.15, 0.2) is 0 Å². The first-order valence-electron chi connectivity index (χ1n) is 8.12. The van der Waals surface area contributed by atoms with Gasteiger partial charge in [-0.1, -0.05) is 20.3 Å². The van der Waals surface area contributed by atoms with Crippen LogP contribution in [0.3, 0.4) is 0 Å². The maximum Gasteiger partial charge on any atom is 0.232 e. The fourth-order valence-electron chi connectivity index (χ4n) is 2.63. The molecule has 0 amide bonds. The van der Waals surface area contributed by atoms with Gasteiger partial charge in [0.05, 0.1) is 5.75 Å². The number of likely N-dealkylation sites (N-methyl/N-ethyl adjacent to an activating group) is 1. The summed E-state index contributed by atoms with van der Waals surface area (Å²) >= 11 is 0. The minimum Gasteiger partial charge on any atom is -0.369 e. The van der Waals surface area contributed by atoms with Gasteiger partial charge in [-0.05, 0) is 37.2 Å². The lowest BCUT2D eigenvalue weighted by Crippen LogP contribution is -2.46. The molecule has 124 valence electrons. The van der Waals surface area contributed by atoms with Crippen molar-refractivity contribution in [2.75, 3.05) is 48.1 Å². The SMILES string of the molecule is CCCCS(=O)(=O)Nc1ccc(N2CCN(CC)CC2)cc1. The molecule has 22 heavy (non-hydrogen) atoms. The number of sulfonamides is 1. The molecular weight excluding hydrogens is 298 g/mol. The molecule has 0 spiro atoms. The lowest BCUT2D eigenvalue weighted by molar-refractivity contribution is 0.271. The third-order valence-electron chi connectivity index (χ3n) is 4.09. The second-order valence-electron chi connectivity index (χ2n) is 5.74. The number of unbranched alkanes of at least 4 members (excludes halogenated alkanes) is 1. The van der Waals surface area contributed by atoms with Crippen molar-refractivity contribution in [1.29, 1.82) is 0 Å². The molecule has 0 aliphatic carbocycles. The predicted octanol–water partition coefficient (Wildman–Crippen LogP) is 2.37. The van der Waals surface area contributed by atoms with E-state index in [1.165, 1.54) is 0 Å². The van der Waals surface area contributed by atoms with E-state index >= 15 is 0 Å². The quantitative estimate of drug-likeness (QED) is 0.836. The highest BCUT2D eigenvalue weighted by molar-refractivity contribution is 7.92. The Labute approximate surface area is 134 Å². The topological polar surface area (TPSA) is 52.7 Å². The number of benzene rings is 1. The smallest absolute Gasteiger partial charge is 0.232 e. The molecular formula is C16H27N3O2S. The van der Waals surface area contributed by atoms with Crippen LogP contribution in [0.1, 0.15) is 26.7 Å². The van der Waals surface area contributed by atoms with E-state index < -0.39 is 10.0 Å². The molecule has 5 nitrogen and oxygen atoms in total. The van der Waals surface area contributed by atoms with E-state index in [1.54, 1.807) is 0 Å². The van der Waals surface area contributed by atoms with Gasteiger partial charge in [-0.2, -0.15) is 0 Å². The maximum absolute atomic E-state index is 11.9. The summed E-state index contributed by atoms with van der Waals surface area (Å²) < 4.78 is 26.4. The average molecular weight is 325 g/mol. The number of hydrogen-bond donors (Lipinski definition) is 1. The molecule has 0 aromatic heterocycles. The minimum absolute atomic E-state index is 0.185. The van der Waals surface area contributed by atoms with Gasteiger partial charge in [0.25, 0.3) is 0 Å². The van der Waals surface area contributed by atoms with Gasteiger partial charge in [0.1, 0.15) is 0 Å². The predicted molar refractivity (Wildman–Crippen MR) is 93.1 cm³/mol. The van der Waals surface area contributed by atoms with Gasteiger partial charge in [-0.25, -0.2) is 8.42 Å². The van der Waals surface area contributed by atoms with E-state index in [4.69, 9.17) is 0 Å². The van der Waals surface area contributed by atoms with Crippen LogP contribution in [-0.4, -0.2) is 51.8 Å². The number of hydrogen-bond acceptors (Lipinski definition) is 4. The van der Waals surface area contributed by atoms with E-state index in [0.717, 1.165) is 44.8 Å². The molecule has 2 rings (SSSR count). The van der Waals surface area contributed by atoms with Crippen LogP contribution in [0.15, 0.2) is 24.3 Å². The van der Waals surface area contributed by atoms with Crippen molar-refractivity contribution in [3.8, 4) is 0 Å². The highest BCUT2D eigenvalue weighted by Crippen LogP contribution is 2.20. The summed E-state index contributed by atoms with van der Waals surface area (Å²) in [5.74, 6) is 0.185. The van der Waals surface area contributed by atoms with E-state index in [0.29, 0.717) is 12.1 Å². The second-order valence-corrected chi connectivity index (χ2v) is 7.58. The number of anilines is 2. The standard InChI is InChI=1S/C16H27N3O2S/c1-3-5-14-22(20,21)17-15-6-8-16(9-7-15)19-12-10-18(4-2)11-13-19/h6-9,17H,3-5,10-14H2,1-2H3. The van der Waals surface area contributed by atoms with Crippen LogP contribution in [0, 0.1) is 0 Å². The van der Waals surface area contributed by atoms with Crippen LogP contribution in [-0.2, 0) is 10.0 Å². The van der Waals surface area contributed by atoms with Crippen LogP contribution in [0.25, 0.3) is 0 Å². The number of nitrogens with one attached hydrogen (secondary N) is 1. The molecule has 1 heterocycles. The van der Waals surface area contributed by atoms with Crippen LogP contribution in [0.4, 0.5) is 11.4 Å². The zero-order chi connectivity index (χ0) is 16.0. The Balaban J connectivity index is 1.93. The fraction of sp³-hybridized carbons (Fsp3) is 0.625. The first kappa shape index (κ1) is 17.1. The van der Waals surface area contributed by atoms with Gasteiger partial charge < -0.3 is 9.80 Å². The fourth-order valence-corrected chi connectivity index (χ4v) is 3.89. The third kappa shape index (κ3) is 4.88. The largest absolute Gasteiger partial charge is 0.369 e. The number of nitrogens with zero attached hydrogens (tertiary/aromatic N) is 2. The molecule has 0 radical (unpaired) electrons. The summed E-state index contributed by atoms with van der Waals surface area (Å²) in [6.07, 6.45) is 1.57. The van der Waals surface area contributed by atoms with Gasteiger partial charge in [-0.3, -0.25) is 4.72 Å². The summed E-state index contributed by atoms with van der Waals surface area (Å²) in [6, 6.07) is 7.70. The molecule has 0 bridgehead atoms. The Morgan fingerprint density at radius 1 is 1.05 bits per heavy atom. The summed E-state index contributed by atoms with van der Waals surface area (Å²) in [7, 11) is -3.22. The summed E-state index contributed by atoms with van der Waals surface area (Å²) in [5, 5.41) is 0. The van der Waals surface area contributed by atoms with E-state index in [-0.39, 0.29) is 5.75 Å². The minimum atomic E-state index is -3.22. The molecule has 0 unspecified atom stereocenters. The summed E-state index contributed by atoms with van der Waals surface area (Å²) in [4.78, 5) is 4.79. The molecule has 6 heteroatoms. The van der Waals surface area contributed by atoms with Crippen molar-refractivity contribution in [1.82, 2.24) is 4.90 Å². The first-order chi connectivity index (χ1) is 10.5. The second kappa shape index (κ2) is 7.83. The molecule has 1 aromatic carbocycles. The Bertz CT molecular complexity index is 549. The third-order valence-corrected chi connectivity index (χ3v) is 5.46. The van der Waals surface area contributed by atoms with Crippen LogP contribution < -0.4 is 9.62 Å². The molecule has 0 saturated carbocycles. The van der Waals surface area contributed by atoms with Crippen molar-refractivity contribution in [3.63, 3.8) is 0 Å². The van der Waals surface area contributed by atoms with E-state index in [9.17, 15) is 8.42 Å². The van der Waals surface area contributed by atoms with Crippen molar-refractivity contribution in [2.45, 2.75) is 26.7 Å². The first-order valence-corrected chi connectivity index (χ1v) is 9.77. The summed E-state index contributed by atoms with van der Waals surface area (Å²) in [5.41, 5.74) is 1.80. The Morgan fingerprint density at radius 2 is 1.68 bits per heavy atom. The zero-order valence-electron chi connectivity index (χ0n) is 13.6. The lowest BCUT2D eigenvalue weighted by atomic mass is 10.2. The van der Waals surface area contributed by atoms with Crippen LogP contribution in [0.2, 0.25) is 0 Å². The molecule has 1 N–H and O–H groups in total. The Kier molecular flexibility index (Phi) is 6.08. The van der Waals surface area contributed by atoms with Gasteiger partial charge in [0.2, 0.25) is 10.0 Å². The summed E-state index contributed by atoms with van der Waals surface area (Å²) in [6.45, 7) is 9.50. The normalized spacial score (nSPS) is 16.7. The van der Waals surface area contributed by atoms with Crippen molar-refractivity contribution >= 4 is 21.4 Å². The van der Waals surface area contributed by atoms with E-state index in [2.05, 4.69) is 21.4 Å². The van der Waals surface area contributed by atoms with Crippen LogP contribution in [0.5, 0.6) is 0 Å². The van der Waals surface area contributed by atoms with Crippen molar-refractivity contribution in [3.05, 3.63) is 24.3 Å². The highest BCUT2D eigenvalue weighted by atomic mass is 32.2. The molecule has 1 saturated heterocycles. The molecule has 1 fully saturated rings. The maximum atomic E-state index is 11.9. The average Bonchev–Trinajstić information content (AvgIpc) is 2.53. The molecule has 0 atom stereocenters.